The van der Waals surface area contributed by atoms with Crippen molar-refractivity contribution in [3.63, 3.8) is 0 Å². The Hall–Kier alpha value is -3.83. The van der Waals surface area contributed by atoms with Crippen molar-refractivity contribution in [1.29, 1.82) is 0 Å². The van der Waals surface area contributed by atoms with E-state index >= 15 is 0 Å². The molecule has 0 amide bonds. The summed E-state index contributed by atoms with van der Waals surface area (Å²) in [5.41, 5.74) is 0. The molecule has 0 spiro atoms. The lowest BCUT2D eigenvalue weighted by atomic mass is 9.97. The van der Waals surface area contributed by atoms with Crippen molar-refractivity contribution in [3.05, 3.63) is 30.3 Å². The van der Waals surface area contributed by atoms with Crippen molar-refractivity contribution in [2.45, 2.75) is 75.7 Å². The van der Waals surface area contributed by atoms with E-state index in [4.69, 9.17) is 35.9 Å². The van der Waals surface area contributed by atoms with E-state index in [1.54, 1.807) is 6.07 Å². The molecule has 42 heavy (non-hydrogen) atoms. The molecule has 3 N–H and O–H groups in total. The summed E-state index contributed by atoms with van der Waals surface area (Å²) in [5.74, 6) is -5.14. The maximum Gasteiger partial charge on any atom is 0.326 e. The minimum atomic E-state index is -3.81. The van der Waals surface area contributed by atoms with Gasteiger partial charge in [0.15, 0.2) is 39.5 Å². The smallest absolute Gasteiger partial charge is 0.326 e. The molecule has 1 saturated heterocycles. The first-order valence-electron chi connectivity index (χ1n) is 12.5. The van der Waals surface area contributed by atoms with E-state index in [-0.39, 0.29) is 16.4 Å². The minimum Gasteiger partial charge on any atom is -0.480 e. The molecule has 1 fully saturated rings. The fourth-order valence-electron chi connectivity index (χ4n) is 3.95. The molecule has 1 aromatic carbocycles. The van der Waals surface area contributed by atoms with Gasteiger partial charge in [-0.15, -0.1) is 0 Å². The van der Waals surface area contributed by atoms with Gasteiger partial charge in [-0.05, 0) is 30.8 Å². The molecule has 0 saturated carbocycles. The summed E-state index contributed by atoms with van der Waals surface area (Å²) in [5, 5.41) is 14.4. The lowest BCUT2D eigenvalue weighted by molar-refractivity contribution is -0.254. The Morgan fingerprint density at radius 3 is 1.98 bits per heavy atom. The molecule has 0 radical (unpaired) electrons. The molecule has 0 bridgehead atoms. The third-order valence-corrected chi connectivity index (χ3v) is 7.64. The summed E-state index contributed by atoms with van der Waals surface area (Å²) in [6.07, 6.45) is -7.47. The second-order valence-electron chi connectivity index (χ2n) is 9.05. The molecule has 0 aliphatic carbocycles. The van der Waals surface area contributed by atoms with Crippen LogP contribution in [0.3, 0.4) is 0 Å². The highest BCUT2D eigenvalue weighted by Crippen LogP contribution is 2.28. The number of carboxylic acid groups (broad SMARTS) is 1. The molecule has 0 unspecified atom stereocenters. The van der Waals surface area contributed by atoms with Crippen LogP contribution >= 0.6 is 12.2 Å². The topological polar surface area (TPSA) is 210 Å². The zero-order chi connectivity index (χ0) is 31.6. The van der Waals surface area contributed by atoms with Gasteiger partial charge < -0.3 is 39.4 Å². The SMILES string of the molecule is CC(=O)OC[C@H]1O[C@@H](NC(=S)N[C@H](CCS(=O)(=O)c2ccccc2)C(=O)O)[C@H](OC(C)=O)[C@@H](OC(C)=O)[C@@H]1OC(C)=O. The van der Waals surface area contributed by atoms with Crippen LogP contribution in [-0.2, 0) is 57.5 Å². The van der Waals surface area contributed by atoms with Crippen LogP contribution in [0.4, 0.5) is 0 Å². The number of carbonyl (C=O) groups excluding carboxylic acids is 4. The van der Waals surface area contributed by atoms with Crippen LogP contribution in [0.1, 0.15) is 34.1 Å². The van der Waals surface area contributed by atoms with Gasteiger partial charge in [-0.2, -0.15) is 0 Å². The van der Waals surface area contributed by atoms with E-state index < -0.39 is 88.7 Å². The van der Waals surface area contributed by atoms with E-state index in [0.717, 1.165) is 27.7 Å². The van der Waals surface area contributed by atoms with Gasteiger partial charge in [0, 0.05) is 27.7 Å². The van der Waals surface area contributed by atoms with Gasteiger partial charge in [0.05, 0.1) is 10.6 Å². The largest absolute Gasteiger partial charge is 0.480 e. The number of benzene rings is 1. The fourth-order valence-corrected chi connectivity index (χ4v) is 5.56. The van der Waals surface area contributed by atoms with Crippen LogP contribution < -0.4 is 10.6 Å². The number of ether oxygens (including phenoxy) is 5. The zero-order valence-corrected chi connectivity index (χ0v) is 24.8. The van der Waals surface area contributed by atoms with E-state index in [9.17, 15) is 37.5 Å². The average Bonchev–Trinajstić information content (AvgIpc) is 2.88. The molecule has 17 heteroatoms. The van der Waals surface area contributed by atoms with Gasteiger partial charge in [-0.3, -0.25) is 19.2 Å². The normalized spacial score (nSPS) is 22.5. The minimum absolute atomic E-state index is 0.0207. The molecule has 15 nitrogen and oxygen atoms in total. The van der Waals surface area contributed by atoms with Crippen molar-refractivity contribution in [2.75, 3.05) is 12.4 Å². The molecule has 0 aromatic heterocycles. The second-order valence-corrected chi connectivity index (χ2v) is 11.6. The summed E-state index contributed by atoms with van der Waals surface area (Å²) in [6, 6.07) is 6.00. The number of aliphatic carboxylic acids is 1. The Bertz CT molecular complexity index is 1270. The third kappa shape index (κ3) is 10.5. The van der Waals surface area contributed by atoms with Crippen molar-refractivity contribution >= 4 is 57.0 Å². The van der Waals surface area contributed by atoms with E-state index in [1.165, 1.54) is 24.3 Å². The maximum absolute atomic E-state index is 12.6. The quantitative estimate of drug-likeness (QED) is 0.155. The van der Waals surface area contributed by atoms with E-state index in [1.807, 2.05) is 0 Å². The van der Waals surface area contributed by atoms with Crippen molar-refractivity contribution < 1.29 is 61.2 Å². The van der Waals surface area contributed by atoms with E-state index in [2.05, 4.69) is 10.6 Å². The number of esters is 4. The van der Waals surface area contributed by atoms with Gasteiger partial charge in [0.25, 0.3) is 0 Å². The van der Waals surface area contributed by atoms with Gasteiger partial charge in [0.1, 0.15) is 18.8 Å². The van der Waals surface area contributed by atoms with Crippen LogP contribution in [0.15, 0.2) is 35.2 Å². The Labute approximate surface area is 247 Å². The summed E-state index contributed by atoms with van der Waals surface area (Å²) >= 11 is 5.23. The Morgan fingerprint density at radius 1 is 0.905 bits per heavy atom. The number of hydrogen-bond acceptors (Lipinski definition) is 13. The standard InChI is InChI=1S/C25H32N2O13S2/c1-13(28)36-12-19-20(37-14(2)29)21(38-15(3)30)22(39-16(4)31)23(40-19)27-25(41)26-18(24(32)33)10-11-42(34,35)17-8-6-5-7-9-17/h5-9,18-23H,10-12H2,1-4H3,(H,32,33)(H2,26,27,41)/t18-,19-,20-,21+,22-,23-/m1/s1. The maximum atomic E-state index is 12.6. The molecular weight excluding hydrogens is 600 g/mol. The highest BCUT2D eigenvalue weighted by Gasteiger charge is 2.52. The number of rotatable bonds is 12. The van der Waals surface area contributed by atoms with Gasteiger partial charge in [0.2, 0.25) is 0 Å². The molecule has 1 aliphatic heterocycles. The predicted molar refractivity (Wildman–Crippen MR) is 145 cm³/mol. The van der Waals surface area contributed by atoms with Crippen LogP contribution in [0.25, 0.3) is 0 Å². The number of thiocarbonyl (C=S) groups is 1. The molecule has 1 heterocycles. The van der Waals surface area contributed by atoms with Crippen LogP contribution in [0.2, 0.25) is 0 Å². The average molecular weight is 633 g/mol. The number of carboxylic acids is 1. The van der Waals surface area contributed by atoms with Crippen LogP contribution in [0.5, 0.6) is 0 Å². The van der Waals surface area contributed by atoms with Crippen molar-refractivity contribution in [3.8, 4) is 0 Å². The first-order valence-corrected chi connectivity index (χ1v) is 14.5. The third-order valence-electron chi connectivity index (χ3n) is 5.65. The summed E-state index contributed by atoms with van der Waals surface area (Å²) in [7, 11) is -3.81. The van der Waals surface area contributed by atoms with Gasteiger partial charge in [-0.25, -0.2) is 13.2 Å². The summed E-state index contributed by atoms with van der Waals surface area (Å²) in [6.45, 7) is 3.82. The second kappa shape index (κ2) is 15.4. The molecule has 1 aliphatic rings. The zero-order valence-electron chi connectivity index (χ0n) is 23.1. The summed E-state index contributed by atoms with van der Waals surface area (Å²) in [4.78, 5) is 59.1. The first kappa shape index (κ1) is 34.4. The number of hydrogen-bond donors (Lipinski definition) is 3. The Balaban J connectivity index is 2.30. The van der Waals surface area contributed by atoms with Crippen LogP contribution in [0, 0.1) is 0 Å². The van der Waals surface area contributed by atoms with Gasteiger partial charge >= 0.3 is 29.8 Å². The molecule has 6 atom stereocenters. The Kier molecular flexibility index (Phi) is 12.6. The molecular formula is C25H32N2O13S2. The number of sulfone groups is 1. The van der Waals surface area contributed by atoms with E-state index in [0.29, 0.717) is 0 Å². The van der Waals surface area contributed by atoms with Gasteiger partial charge in [-0.1, -0.05) is 18.2 Å². The number of carbonyl (C=O) groups is 5. The first-order chi connectivity index (χ1) is 19.6. The molecule has 1 aromatic rings. The predicted octanol–water partition coefficient (Wildman–Crippen LogP) is -0.149. The lowest BCUT2D eigenvalue weighted by Gasteiger charge is -2.44. The monoisotopic (exact) mass is 632 g/mol. The fraction of sp³-hybridized carbons (Fsp3) is 0.520. The molecule has 2 rings (SSSR count). The summed E-state index contributed by atoms with van der Waals surface area (Å²) < 4.78 is 52.0. The highest BCUT2D eigenvalue weighted by atomic mass is 32.2. The Morgan fingerprint density at radius 2 is 1.45 bits per heavy atom. The van der Waals surface area contributed by atoms with Crippen LogP contribution in [-0.4, -0.2) is 97.5 Å². The highest BCUT2D eigenvalue weighted by molar-refractivity contribution is 7.91. The van der Waals surface area contributed by atoms with Crippen molar-refractivity contribution in [2.24, 2.45) is 0 Å². The number of nitrogens with one attached hydrogen (secondary N) is 2. The van der Waals surface area contributed by atoms with Crippen molar-refractivity contribution in [1.82, 2.24) is 10.6 Å². The molecule has 232 valence electrons. The lowest BCUT2D eigenvalue weighted by Crippen LogP contribution is -2.67.